The normalized spacial score (nSPS) is 28.2. The van der Waals surface area contributed by atoms with Gasteiger partial charge in [0.25, 0.3) is 0 Å². The first-order valence-electron chi connectivity index (χ1n) is 12.6. The van der Waals surface area contributed by atoms with Gasteiger partial charge in [0, 0.05) is 12.8 Å². The molecule has 4 aromatic rings. The Morgan fingerprint density at radius 2 is 1.30 bits per heavy atom. The fraction of sp³-hybridized carbons (Fsp3) is 0.440. The Bertz CT molecular complexity index is 1620. The zero-order valence-corrected chi connectivity index (χ0v) is 23.6. The summed E-state index contributed by atoms with van der Waals surface area (Å²) < 4.78 is 40.9. The van der Waals surface area contributed by atoms with Crippen molar-refractivity contribution >= 4 is 47.5 Å². The molecule has 43 heavy (non-hydrogen) atoms. The molecule has 0 spiro atoms. The van der Waals surface area contributed by atoms with Crippen molar-refractivity contribution in [2.45, 2.75) is 62.1 Å². The topological polar surface area (TPSA) is 218 Å². The molecule has 0 amide bonds. The van der Waals surface area contributed by atoms with Gasteiger partial charge in [-0.05, 0) is 6.42 Å². The maximum absolute atomic E-state index is 13.3. The summed E-state index contributed by atoms with van der Waals surface area (Å²) in [5.74, 6) is 4.61. The summed E-state index contributed by atoms with van der Waals surface area (Å²) in [6.07, 6.45) is 9.22. The molecule has 15 nitrogen and oxygen atoms in total. The number of nitrogen functional groups attached to an aromatic ring is 2. The molecule has 0 saturated carbocycles. The van der Waals surface area contributed by atoms with Crippen LogP contribution in [0.15, 0.2) is 12.7 Å². The number of anilines is 2. The van der Waals surface area contributed by atoms with E-state index in [0.717, 1.165) is 0 Å². The first-order chi connectivity index (χ1) is 20.0. The molecule has 2 fully saturated rings. The summed E-state index contributed by atoms with van der Waals surface area (Å²) in [5.41, 5.74) is 9.46. The van der Waals surface area contributed by atoms with Crippen LogP contribution in [0.4, 0.5) is 20.4 Å². The van der Waals surface area contributed by atoms with Gasteiger partial charge in [-0.25, -0.2) is 9.97 Å². The fourth-order valence-corrected chi connectivity index (χ4v) is 4.95. The Labute approximate surface area is 249 Å². The third-order valence-corrected chi connectivity index (χ3v) is 7.33. The van der Waals surface area contributed by atoms with Gasteiger partial charge < -0.3 is 36.3 Å². The van der Waals surface area contributed by atoms with Gasteiger partial charge in [0.2, 0.25) is 0 Å². The molecular formula is C25H28F2N10O5S. The minimum atomic E-state index is -1.50. The van der Waals surface area contributed by atoms with Crippen molar-refractivity contribution < 1.29 is 33.6 Å². The predicted molar refractivity (Wildman–Crippen MR) is 152 cm³/mol. The highest BCUT2D eigenvalue weighted by atomic mass is 32.1. The second-order valence-electron chi connectivity index (χ2n) is 9.63. The molecule has 2 saturated heterocycles. The maximum Gasteiger partial charge on any atom is 0.312 e. The molecule has 2 aliphatic rings. The molecule has 6 rings (SSSR count). The lowest BCUT2D eigenvalue weighted by Gasteiger charge is -2.24. The van der Waals surface area contributed by atoms with Gasteiger partial charge in [-0.2, -0.15) is 42.2 Å². The Hall–Kier alpha value is -4.17. The molecule has 0 aliphatic carbocycles. The summed E-state index contributed by atoms with van der Waals surface area (Å²) in [5, 5.41) is 29.5. The Balaban J connectivity index is 0.000000192. The summed E-state index contributed by atoms with van der Waals surface area (Å²) in [6.45, 7) is 1.29. The molecular weight excluding hydrogens is 590 g/mol. The second kappa shape index (κ2) is 11.8. The van der Waals surface area contributed by atoms with Crippen LogP contribution >= 0.6 is 13.5 Å². The van der Waals surface area contributed by atoms with E-state index in [1.54, 1.807) is 0 Å². The zero-order chi connectivity index (χ0) is 30.4. The highest BCUT2D eigenvalue weighted by Gasteiger charge is 2.48. The van der Waals surface area contributed by atoms with Crippen LogP contribution in [0, 0.1) is 36.8 Å². The number of terminal acetylenes is 2. The number of nitrogens with two attached hydrogens (primary N) is 2. The third kappa shape index (κ3) is 5.29. The minimum Gasteiger partial charge on any atom is -0.392 e. The number of halogens is 2. The molecule has 7 N–H and O–H groups in total. The van der Waals surface area contributed by atoms with E-state index in [0.29, 0.717) is 6.42 Å². The quantitative estimate of drug-likeness (QED) is 0.149. The highest BCUT2D eigenvalue weighted by molar-refractivity contribution is 7.59. The largest absolute Gasteiger partial charge is 0.392 e. The number of ether oxygens (including phenoxy) is 2. The summed E-state index contributed by atoms with van der Waals surface area (Å²) in [4.78, 5) is 22.2. The number of rotatable bonds is 4. The molecule has 0 aromatic carbocycles. The van der Waals surface area contributed by atoms with Crippen LogP contribution in [0.1, 0.15) is 38.6 Å². The molecule has 4 aromatic heterocycles. The van der Waals surface area contributed by atoms with Crippen LogP contribution in [0.2, 0.25) is 0 Å². The molecule has 0 bridgehead atoms. The van der Waals surface area contributed by atoms with E-state index in [9.17, 15) is 24.1 Å². The SMILES string of the molecule is C#C[C@]1(CC)O[C@@H](n2cnc3c(N)nc(F)nc32)C[C@@H]1O.C#C[C@]1(CO)O[C@@H](n2cnc3c(N)nc(F)nc32)C[C@@H]1O.S. The molecule has 2 aliphatic heterocycles. The number of aliphatic hydroxyl groups is 3. The summed E-state index contributed by atoms with van der Waals surface area (Å²) >= 11 is 0. The van der Waals surface area contributed by atoms with Crippen LogP contribution in [-0.2, 0) is 9.47 Å². The fourth-order valence-electron chi connectivity index (χ4n) is 4.95. The number of nitrogens with zero attached hydrogens (tertiary/aromatic N) is 8. The number of imidazole rings is 2. The first-order valence-corrected chi connectivity index (χ1v) is 12.6. The Morgan fingerprint density at radius 3 is 1.65 bits per heavy atom. The van der Waals surface area contributed by atoms with E-state index < -0.39 is 54.6 Å². The average Bonchev–Trinajstić information content (AvgIpc) is 3.72. The van der Waals surface area contributed by atoms with Crippen LogP contribution in [0.3, 0.4) is 0 Å². The van der Waals surface area contributed by atoms with Gasteiger partial charge in [-0.15, -0.1) is 12.8 Å². The lowest BCUT2D eigenvalue weighted by atomic mass is 9.95. The molecule has 228 valence electrons. The predicted octanol–water partition coefficient (Wildman–Crippen LogP) is -0.0861. The number of aromatic nitrogens is 8. The zero-order valence-electron chi connectivity index (χ0n) is 22.6. The lowest BCUT2D eigenvalue weighted by Crippen LogP contribution is -2.41. The van der Waals surface area contributed by atoms with Crippen molar-refractivity contribution in [2.75, 3.05) is 18.1 Å². The van der Waals surface area contributed by atoms with Gasteiger partial charge in [-0.1, -0.05) is 18.8 Å². The van der Waals surface area contributed by atoms with E-state index >= 15 is 0 Å². The minimum absolute atomic E-state index is 0. The summed E-state index contributed by atoms with van der Waals surface area (Å²) in [6, 6.07) is 0. The van der Waals surface area contributed by atoms with Gasteiger partial charge >= 0.3 is 12.2 Å². The van der Waals surface area contributed by atoms with Crippen molar-refractivity contribution in [3.05, 3.63) is 24.8 Å². The van der Waals surface area contributed by atoms with Gasteiger partial charge in [0.05, 0.1) is 25.4 Å². The van der Waals surface area contributed by atoms with Crippen LogP contribution in [0.5, 0.6) is 0 Å². The van der Waals surface area contributed by atoms with Crippen molar-refractivity contribution in [1.82, 2.24) is 39.0 Å². The molecule has 0 unspecified atom stereocenters. The van der Waals surface area contributed by atoms with E-state index in [-0.39, 0.29) is 60.3 Å². The van der Waals surface area contributed by atoms with E-state index in [1.807, 2.05) is 6.92 Å². The smallest absolute Gasteiger partial charge is 0.312 e. The average molecular weight is 619 g/mol. The standard InChI is InChI=1S/C13H14FN5O2.C12H12FN5O3.H2S/c1-3-13(4-2)7(20)5-8(21-13)19-6-16-9-10(15)17-12(14)18-11(9)19;1-2-12(4-19)6(20)3-7(21-12)18-5-15-8-9(14)16-11(13)17-10(8)18;/h1,6-8,20H,4-5H2,2H3,(H2,15,17,18);1,5-7,19-20H,3-4H2,(H2,14,16,17);1H2/t7-,8+,13+;6-,7+,12+;/m00./s1. The number of fused-ring (bicyclic) bond motifs is 2. The van der Waals surface area contributed by atoms with Crippen LogP contribution in [0.25, 0.3) is 22.3 Å². The number of hydrogen-bond donors (Lipinski definition) is 5. The van der Waals surface area contributed by atoms with Crippen molar-refractivity contribution in [1.29, 1.82) is 0 Å². The number of hydrogen-bond acceptors (Lipinski definition) is 13. The first kappa shape index (κ1) is 31.8. The molecule has 0 radical (unpaired) electrons. The third-order valence-electron chi connectivity index (χ3n) is 7.33. The van der Waals surface area contributed by atoms with Crippen LogP contribution in [-0.4, -0.2) is 84.4 Å². The Morgan fingerprint density at radius 1 is 0.884 bits per heavy atom. The second-order valence-corrected chi connectivity index (χ2v) is 9.63. The van der Waals surface area contributed by atoms with E-state index in [4.69, 9.17) is 33.8 Å². The van der Waals surface area contributed by atoms with Crippen LogP contribution < -0.4 is 11.5 Å². The van der Waals surface area contributed by atoms with Crippen molar-refractivity contribution in [3.8, 4) is 24.7 Å². The van der Waals surface area contributed by atoms with Crippen molar-refractivity contribution in [3.63, 3.8) is 0 Å². The van der Waals surface area contributed by atoms with Gasteiger partial charge in [-0.3, -0.25) is 9.13 Å². The van der Waals surface area contributed by atoms with Crippen molar-refractivity contribution in [2.24, 2.45) is 0 Å². The van der Waals surface area contributed by atoms with Gasteiger partial charge in [0.1, 0.15) is 18.6 Å². The lowest BCUT2D eigenvalue weighted by molar-refractivity contribution is -0.0891. The molecule has 6 heterocycles. The number of aliphatic hydroxyl groups excluding tert-OH is 3. The van der Waals surface area contributed by atoms with E-state index in [2.05, 4.69) is 41.7 Å². The molecule has 6 atom stereocenters. The summed E-state index contributed by atoms with van der Waals surface area (Å²) in [7, 11) is 0. The monoisotopic (exact) mass is 618 g/mol. The van der Waals surface area contributed by atoms with Gasteiger partial charge in [0.15, 0.2) is 45.2 Å². The molecule has 18 heteroatoms. The van der Waals surface area contributed by atoms with E-state index in [1.165, 1.54) is 21.8 Å². The Kier molecular flexibility index (Phi) is 8.75. The highest BCUT2D eigenvalue weighted by Crippen LogP contribution is 2.40. The maximum atomic E-state index is 13.3.